The Bertz CT molecular complexity index is 621. The first-order chi connectivity index (χ1) is 9.87. The lowest BCUT2D eigenvalue weighted by Crippen LogP contribution is -2.35. The van der Waals surface area contributed by atoms with Crippen LogP contribution in [0.2, 0.25) is 0 Å². The van der Waals surface area contributed by atoms with Crippen molar-refractivity contribution in [3.63, 3.8) is 0 Å². The van der Waals surface area contributed by atoms with E-state index >= 15 is 0 Å². The van der Waals surface area contributed by atoms with Crippen molar-refractivity contribution in [2.75, 3.05) is 5.32 Å². The molecule has 3 nitrogen and oxygen atoms in total. The van der Waals surface area contributed by atoms with Crippen molar-refractivity contribution >= 4 is 11.5 Å². The number of halogens is 2. The van der Waals surface area contributed by atoms with E-state index < -0.39 is 11.6 Å². The molecule has 0 aliphatic rings. The summed E-state index contributed by atoms with van der Waals surface area (Å²) in [5.41, 5.74) is 0.568. The van der Waals surface area contributed by atoms with Gasteiger partial charge in [0, 0.05) is 23.8 Å². The number of rotatable bonds is 4. The van der Waals surface area contributed by atoms with Gasteiger partial charge in [0.15, 0.2) is 11.6 Å². The summed E-state index contributed by atoms with van der Waals surface area (Å²) in [6.45, 7) is 6.39. The molecule has 0 fully saturated rings. The fourth-order valence-corrected chi connectivity index (χ4v) is 1.76. The van der Waals surface area contributed by atoms with Crippen LogP contribution in [-0.4, -0.2) is 10.5 Å². The highest BCUT2D eigenvalue weighted by Crippen LogP contribution is 2.22. The van der Waals surface area contributed by atoms with Crippen LogP contribution in [0.15, 0.2) is 36.5 Å². The van der Waals surface area contributed by atoms with Gasteiger partial charge in [-0.25, -0.2) is 13.8 Å². The topological polar surface area (TPSA) is 37.0 Å². The summed E-state index contributed by atoms with van der Waals surface area (Å²) in [6, 6.07) is 7.71. The molecule has 1 aromatic carbocycles. The normalized spacial score (nSPS) is 11.5. The van der Waals surface area contributed by atoms with Gasteiger partial charge in [0.05, 0.1) is 5.69 Å². The minimum absolute atomic E-state index is 0.0216. The molecule has 0 atom stereocenters. The highest BCUT2D eigenvalue weighted by Gasteiger charge is 2.14. The second kappa shape index (κ2) is 6.18. The Balaban J connectivity index is 2.20. The number of hydrogen-bond acceptors (Lipinski definition) is 3. The number of pyridine rings is 1. The molecule has 0 amide bonds. The molecule has 0 unspecified atom stereocenters. The first-order valence-electron chi connectivity index (χ1n) is 6.77. The molecule has 0 saturated heterocycles. The number of hydrogen-bond donors (Lipinski definition) is 2. The lowest BCUT2D eigenvalue weighted by molar-refractivity contribution is 0.418. The van der Waals surface area contributed by atoms with E-state index in [-0.39, 0.29) is 17.0 Å². The van der Waals surface area contributed by atoms with Crippen molar-refractivity contribution in [1.29, 1.82) is 0 Å². The highest BCUT2D eigenvalue weighted by atomic mass is 19.1. The van der Waals surface area contributed by atoms with Gasteiger partial charge in [-0.15, -0.1) is 0 Å². The molecule has 2 aromatic rings. The summed E-state index contributed by atoms with van der Waals surface area (Å²) in [4.78, 5) is 3.94. The van der Waals surface area contributed by atoms with Crippen molar-refractivity contribution < 1.29 is 8.78 Å². The van der Waals surface area contributed by atoms with Crippen molar-refractivity contribution in [2.24, 2.45) is 0 Å². The Hall–Kier alpha value is -2.01. The van der Waals surface area contributed by atoms with Gasteiger partial charge in [-0.2, -0.15) is 0 Å². The summed E-state index contributed by atoms with van der Waals surface area (Å²) in [6.07, 6.45) is 1.51. The summed E-state index contributed by atoms with van der Waals surface area (Å²) >= 11 is 0. The molecule has 0 saturated carbocycles. The maximum absolute atomic E-state index is 14.4. The minimum Gasteiger partial charge on any atom is -0.335 e. The van der Waals surface area contributed by atoms with Gasteiger partial charge in [0.1, 0.15) is 5.82 Å². The Morgan fingerprint density at radius 2 is 1.81 bits per heavy atom. The third-order valence-corrected chi connectivity index (χ3v) is 2.91. The lowest BCUT2D eigenvalue weighted by atomic mass is 10.1. The molecular weight excluding hydrogens is 272 g/mol. The molecule has 1 heterocycles. The SMILES string of the molecule is CC(C)(C)NCc1ccnc(Nc2ccccc2F)c1F. The Kier molecular flexibility index (Phi) is 4.53. The third kappa shape index (κ3) is 4.23. The van der Waals surface area contributed by atoms with E-state index in [1.807, 2.05) is 20.8 Å². The number of anilines is 2. The molecule has 0 bridgehead atoms. The van der Waals surface area contributed by atoms with Crippen molar-refractivity contribution in [3.8, 4) is 0 Å². The largest absolute Gasteiger partial charge is 0.335 e. The van der Waals surface area contributed by atoms with Crippen LogP contribution in [0.3, 0.4) is 0 Å². The van der Waals surface area contributed by atoms with E-state index in [1.165, 1.54) is 18.3 Å². The van der Waals surface area contributed by atoms with Crippen LogP contribution < -0.4 is 10.6 Å². The number of para-hydroxylation sites is 1. The fourth-order valence-electron chi connectivity index (χ4n) is 1.76. The Morgan fingerprint density at radius 1 is 1.10 bits per heavy atom. The molecule has 0 spiro atoms. The predicted octanol–water partition coefficient (Wildman–Crippen LogP) is 3.99. The van der Waals surface area contributed by atoms with E-state index in [1.54, 1.807) is 18.2 Å². The summed E-state index contributed by atoms with van der Waals surface area (Å²) in [7, 11) is 0. The number of benzene rings is 1. The lowest BCUT2D eigenvalue weighted by Gasteiger charge is -2.21. The fraction of sp³-hybridized carbons (Fsp3) is 0.312. The van der Waals surface area contributed by atoms with E-state index in [9.17, 15) is 8.78 Å². The van der Waals surface area contributed by atoms with Crippen molar-refractivity contribution in [3.05, 3.63) is 53.7 Å². The van der Waals surface area contributed by atoms with Gasteiger partial charge in [-0.3, -0.25) is 0 Å². The molecule has 21 heavy (non-hydrogen) atoms. The summed E-state index contributed by atoms with van der Waals surface area (Å²) in [5, 5.41) is 5.90. The first kappa shape index (κ1) is 15.4. The molecule has 5 heteroatoms. The highest BCUT2D eigenvalue weighted by molar-refractivity contribution is 5.57. The predicted molar refractivity (Wildman–Crippen MR) is 80.5 cm³/mol. The van der Waals surface area contributed by atoms with Crippen molar-refractivity contribution in [1.82, 2.24) is 10.3 Å². The monoisotopic (exact) mass is 291 g/mol. The van der Waals surface area contributed by atoms with Crippen LogP contribution in [0.25, 0.3) is 0 Å². The quantitative estimate of drug-likeness (QED) is 0.894. The molecule has 2 rings (SSSR count). The van der Waals surface area contributed by atoms with Gasteiger partial charge >= 0.3 is 0 Å². The zero-order valence-corrected chi connectivity index (χ0v) is 12.4. The van der Waals surface area contributed by atoms with Crippen LogP contribution in [0.4, 0.5) is 20.3 Å². The first-order valence-corrected chi connectivity index (χ1v) is 6.77. The van der Waals surface area contributed by atoms with Crippen LogP contribution in [0.1, 0.15) is 26.3 Å². The van der Waals surface area contributed by atoms with E-state index in [0.717, 1.165) is 0 Å². The molecule has 0 aliphatic heterocycles. The second-order valence-electron chi connectivity index (χ2n) is 5.84. The zero-order chi connectivity index (χ0) is 15.5. The third-order valence-electron chi connectivity index (χ3n) is 2.91. The second-order valence-corrected chi connectivity index (χ2v) is 5.84. The molecular formula is C16H19F2N3. The Labute approximate surface area is 123 Å². The zero-order valence-electron chi connectivity index (χ0n) is 12.4. The molecule has 0 aliphatic carbocycles. The van der Waals surface area contributed by atoms with Crippen LogP contribution >= 0.6 is 0 Å². The maximum atomic E-state index is 14.4. The molecule has 112 valence electrons. The average Bonchev–Trinajstić information content (AvgIpc) is 2.41. The van der Waals surface area contributed by atoms with Gasteiger partial charge in [0.25, 0.3) is 0 Å². The van der Waals surface area contributed by atoms with Gasteiger partial charge in [0.2, 0.25) is 0 Å². The standard InChI is InChI=1S/C16H19F2N3/c1-16(2,3)20-10-11-8-9-19-15(14(11)18)21-13-7-5-4-6-12(13)17/h4-9,20H,10H2,1-3H3,(H,19,21). The van der Waals surface area contributed by atoms with E-state index in [4.69, 9.17) is 0 Å². The Morgan fingerprint density at radius 3 is 2.48 bits per heavy atom. The number of nitrogens with zero attached hydrogens (tertiary/aromatic N) is 1. The van der Waals surface area contributed by atoms with Crippen LogP contribution in [0, 0.1) is 11.6 Å². The summed E-state index contributed by atoms with van der Waals surface area (Å²) < 4.78 is 28.0. The maximum Gasteiger partial charge on any atom is 0.170 e. The smallest absolute Gasteiger partial charge is 0.170 e. The van der Waals surface area contributed by atoms with Crippen LogP contribution in [0.5, 0.6) is 0 Å². The van der Waals surface area contributed by atoms with Crippen LogP contribution in [-0.2, 0) is 6.54 Å². The van der Waals surface area contributed by atoms with Crippen molar-refractivity contribution in [2.45, 2.75) is 32.9 Å². The van der Waals surface area contributed by atoms with Gasteiger partial charge < -0.3 is 10.6 Å². The minimum atomic E-state index is -0.475. The molecule has 1 aromatic heterocycles. The average molecular weight is 291 g/mol. The summed E-state index contributed by atoms with van der Waals surface area (Å²) in [5.74, 6) is -0.900. The van der Waals surface area contributed by atoms with E-state index in [0.29, 0.717) is 12.1 Å². The number of aromatic nitrogens is 1. The molecule has 2 N–H and O–H groups in total. The van der Waals surface area contributed by atoms with Gasteiger partial charge in [-0.1, -0.05) is 12.1 Å². The van der Waals surface area contributed by atoms with Gasteiger partial charge in [-0.05, 0) is 39.0 Å². The number of nitrogens with one attached hydrogen (secondary N) is 2. The molecule has 0 radical (unpaired) electrons. The van der Waals surface area contributed by atoms with E-state index in [2.05, 4.69) is 15.6 Å².